The molecule has 0 saturated heterocycles. The summed E-state index contributed by atoms with van der Waals surface area (Å²) in [5.41, 5.74) is 0.630. The zero-order chi connectivity index (χ0) is 26.8. The van der Waals surface area contributed by atoms with Crippen molar-refractivity contribution in [1.29, 1.82) is 0 Å². The van der Waals surface area contributed by atoms with E-state index in [0.717, 1.165) is 5.56 Å². The quantitative estimate of drug-likeness (QED) is 0.291. The molecule has 4 nitrogen and oxygen atoms in total. The molecule has 36 heavy (non-hydrogen) atoms. The predicted molar refractivity (Wildman–Crippen MR) is 132 cm³/mol. The zero-order valence-electron chi connectivity index (χ0n) is 20.0. The van der Waals surface area contributed by atoms with Gasteiger partial charge in [-0.25, -0.2) is 3.63 Å². The van der Waals surface area contributed by atoms with Gasteiger partial charge in [0.15, 0.2) is 0 Å². The Morgan fingerprint density at radius 3 is 1.53 bits per heavy atom. The first-order valence-corrected chi connectivity index (χ1v) is 14.0. The molecule has 0 radical (unpaired) electrons. The molecular weight excluding hydrogens is 516 g/mol. The number of hydrogen-bond acceptors (Lipinski definition) is 4. The van der Waals surface area contributed by atoms with Crippen molar-refractivity contribution in [3.05, 3.63) is 90.5 Å². The lowest BCUT2D eigenvalue weighted by Gasteiger charge is -2.41. The fourth-order valence-corrected chi connectivity index (χ4v) is 8.79. The third kappa shape index (κ3) is 5.18. The van der Waals surface area contributed by atoms with Crippen LogP contribution in [-0.4, -0.2) is 31.3 Å². The van der Waals surface area contributed by atoms with Crippen molar-refractivity contribution >= 4 is 20.4 Å². The molecule has 0 saturated carbocycles. The van der Waals surface area contributed by atoms with Crippen LogP contribution in [-0.2, 0) is 19.2 Å². The van der Waals surface area contributed by atoms with Gasteiger partial charge in [0.05, 0.1) is 0 Å². The number of rotatable bonds is 9. The van der Waals surface area contributed by atoms with Gasteiger partial charge in [-0.15, -0.1) is 0 Å². The molecule has 196 valence electrons. The Morgan fingerprint density at radius 1 is 0.722 bits per heavy atom. The van der Waals surface area contributed by atoms with E-state index in [1.54, 1.807) is 60.7 Å². The molecule has 10 heteroatoms. The number of halogens is 4. The molecule has 0 fully saturated rings. The van der Waals surface area contributed by atoms with Gasteiger partial charge in [-0.1, -0.05) is 69.3 Å². The summed E-state index contributed by atoms with van der Waals surface area (Å²) in [6.45, 7) is 4.59. The maximum atomic E-state index is 14.9. The normalized spacial score (nSPS) is 14.0. The highest BCUT2D eigenvalue weighted by Crippen LogP contribution is 2.71. The summed E-state index contributed by atoms with van der Waals surface area (Å²) in [6, 6.07) is 22.3. The van der Waals surface area contributed by atoms with Crippen molar-refractivity contribution < 1.29 is 34.7 Å². The standard InChI is InChI=1S/C26H28F4O4S2/c1-24(2,3)20-14-16-23(17-15-20)35(21-10-6-4-7-11-21,22-12-8-5-9-13-22)34-36(32,33)26(29,30)25(27,28)18-19-31/h4-17,31H,18-19H2,1-3H3. The molecule has 0 heterocycles. The Hall–Kier alpha value is -2.40. The van der Waals surface area contributed by atoms with Crippen LogP contribution in [0.4, 0.5) is 17.6 Å². The van der Waals surface area contributed by atoms with Gasteiger partial charge >= 0.3 is 21.3 Å². The van der Waals surface area contributed by atoms with Crippen molar-refractivity contribution in [2.24, 2.45) is 0 Å². The fourth-order valence-electron chi connectivity index (χ4n) is 3.54. The van der Waals surface area contributed by atoms with Gasteiger partial charge in [0.1, 0.15) is 0 Å². The Bertz CT molecular complexity index is 1220. The summed E-state index contributed by atoms with van der Waals surface area (Å²) in [7, 11) is -9.71. The maximum absolute atomic E-state index is 14.9. The van der Waals surface area contributed by atoms with E-state index in [1.807, 2.05) is 20.8 Å². The van der Waals surface area contributed by atoms with Crippen LogP contribution in [0.25, 0.3) is 0 Å². The largest absolute Gasteiger partial charge is 0.432 e. The van der Waals surface area contributed by atoms with Crippen molar-refractivity contribution in [3.63, 3.8) is 0 Å². The van der Waals surface area contributed by atoms with E-state index >= 15 is 0 Å². The van der Waals surface area contributed by atoms with Gasteiger partial charge in [-0.2, -0.15) is 26.0 Å². The second kappa shape index (κ2) is 10.2. The third-order valence-corrected chi connectivity index (χ3v) is 10.8. The molecule has 0 bridgehead atoms. The van der Waals surface area contributed by atoms with Crippen LogP contribution in [0.5, 0.6) is 0 Å². The van der Waals surface area contributed by atoms with E-state index < -0.39 is 44.6 Å². The first-order valence-electron chi connectivity index (χ1n) is 11.1. The summed E-state index contributed by atoms with van der Waals surface area (Å²) in [6.07, 6.45) is -1.75. The molecule has 0 spiro atoms. The van der Waals surface area contributed by atoms with E-state index in [4.69, 9.17) is 8.74 Å². The number of alkyl halides is 4. The molecule has 0 unspecified atom stereocenters. The maximum Gasteiger partial charge on any atom is 0.432 e. The Morgan fingerprint density at radius 2 is 1.14 bits per heavy atom. The highest BCUT2D eigenvalue weighted by Gasteiger charge is 2.67. The minimum absolute atomic E-state index is 0.226. The van der Waals surface area contributed by atoms with E-state index in [0.29, 0.717) is 0 Å². The van der Waals surface area contributed by atoms with Crippen LogP contribution >= 0.6 is 10.3 Å². The highest BCUT2D eigenvalue weighted by atomic mass is 32.3. The summed E-state index contributed by atoms with van der Waals surface area (Å²) in [5, 5.41) is 3.24. The fraction of sp³-hybridized carbons (Fsp3) is 0.308. The van der Waals surface area contributed by atoms with Crippen LogP contribution in [0.1, 0.15) is 32.8 Å². The van der Waals surface area contributed by atoms with Gasteiger partial charge in [0.2, 0.25) is 0 Å². The van der Waals surface area contributed by atoms with Gasteiger partial charge in [0, 0.05) is 27.7 Å². The lowest BCUT2D eigenvalue weighted by Crippen LogP contribution is -2.48. The molecule has 3 aromatic rings. The Balaban J connectivity index is 2.34. The van der Waals surface area contributed by atoms with Crippen LogP contribution in [0, 0.1) is 0 Å². The molecule has 0 atom stereocenters. The average molecular weight is 545 g/mol. The summed E-state index contributed by atoms with van der Waals surface area (Å²) in [4.78, 5) is 0.687. The molecule has 1 N–H and O–H groups in total. The van der Waals surface area contributed by atoms with Gasteiger partial charge in [-0.3, -0.25) is 0 Å². The molecule has 0 aliphatic heterocycles. The molecule has 3 aromatic carbocycles. The van der Waals surface area contributed by atoms with E-state index in [-0.39, 0.29) is 20.1 Å². The molecule has 0 aliphatic carbocycles. The monoisotopic (exact) mass is 544 g/mol. The first-order chi connectivity index (χ1) is 16.7. The van der Waals surface area contributed by atoms with Crippen LogP contribution < -0.4 is 0 Å². The van der Waals surface area contributed by atoms with Crippen molar-refractivity contribution in [3.8, 4) is 0 Å². The van der Waals surface area contributed by atoms with Crippen molar-refractivity contribution in [2.45, 2.75) is 58.5 Å². The molecule has 0 aliphatic rings. The predicted octanol–water partition coefficient (Wildman–Crippen LogP) is 7.14. The first kappa shape index (κ1) is 28.2. The minimum Gasteiger partial charge on any atom is -0.396 e. The van der Waals surface area contributed by atoms with Crippen LogP contribution in [0.15, 0.2) is 99.6 Å². The van der Waals surface area contributed by atoms with Crippen LogP contribution in [0.3, 0.4) is 0 Å². The smallest absolute Gasteiger partial charge is 0.396 e. The number of hydrogen-bond donors (Lipinski definition) is 1. The second-order valence-electron chi connectivity index (χ2n) is 9.17. The second-order valence-corrected chi connectivity index (χ2v) is 13.7. The molecular formula is C26H28F4O4S2. The molecule has 0 amide bonds. The van der Waals surface area contributed by atoms with E-state index in [1.165, 1.54) is 24.3 Å². The van der Waals surface area contributed by atoms with Gasteiger partial charge in [-0.05, 0) is 57.7 Å². The van der Waals surface area contributed by atoms with Crippen molar-refractivity contribution in [1.82, 2.24) is 0 Å². The number of benzene rings is 3. The highest BCUT2D eigenvalue weighted by molar-refractivity contribution is 8.33. The zero-order valence-corrected chi connectivity index (χ0v) is 21.6. The molecule has 3 rings (SSSR count). The lowest BCUT2D eigenvalue weighted by molar-refractivity contribution is -0.167. The minimum atomic E-state index is -6.24. The van der Waals surface area contributed by atoms with Gasteiger partial charge in [0.25, 0.3) is 0 Å². The summed E-state index contributed by atoms with van der Waals surface area (Å²) in [5.74, 6) is -5.06. The Kier molecular flexibility index (Phi) is 7.95. The van der Waals surface area contributed by atoms with E-state index in [2.05, 4.69) is 0 Å². The summed E-state index contributed by atoms with van der Waals surface area (Å²) < 4.78 is 89.8. The molecule has 0 aromatic heterocycles. The third-order valence-electron chi connectivity index (χ3n) is 5.56. The topological polar surface area (TPSA) is 63.6 Å². The SMILES string of the molecule is CC(C)(C)c1ccc(S(OS(=O)(=O)C(F)(F)C(F)(F)CCO)(c2ccccc2)c2ccccc2)cc1. The number of aliphatic hydroxyl groups is 1. The average Bonchev–Trinajstić information content (AvgIpc) is 2.83. The lowest BCUT2D eigenvalue weighted by atomic mass is 9.87. The van der Waals surface area contributed by atoms with Gasteiger partial charge < -0.3 is 5.11 Å². The number of aliphatic hydroxyl groups excluding tert-OH is 1. The van der Waals surface area contributed by atoms with E-state index in [9.17, 15) is 26.0 Å². The van der Waals surface area contributed by atoms with Crippen molar-refractivity contribution in [2.75, 3.05) is 6.61 Å². The Labute approximate surface area is 210 Å². The summed E-state index contributed by atoms with van der Waals surface area (Å²) >= 11 is 0. The van der Waals surface area contributed by atoms with Crippen LogP contribution in [0.2, 0.25) is 0 Å².